The molecule has 0 spiro atoms. The smallest absolute Gasteiger partial charge is 0.408 e. The third kappa shape index (κ3) is 7.13. The van der Waals surface area contributed by atoms with Crippen LogP contribution in [0.25, 0.3) is 0 Å². The molecular weight excluding hydrogens is 494 g/mol. The first-order chi connectivity index (χ1) is 17.3. The lowest BCUT2D eigenvalue weighted by Gasteiger charge is -2.27. The molecule has 0 bridgehead atoms. The largest absolute Gasteiger partial charge is 0.446 e. The minimum absolute atomic E-state index is 0.0583. The minimum Gasteiger partial charge on any atom is -0.446 e. The summed E-state index contributed by atoms with van der Waals surface area (Å²) in [6.45, 7) is 1.60. The highest BCUT2D eigenvalue weighted by Gasteiger charge is 2.49. The molecule has 1 aromatic carbocycles. The number of likely N-dealkylation sites (N-methyl/N-ethyl adjacent to an activating group) is 1. The molecule has 3 saturated carbocycles. The van der Waals surface area contributed by atoms with Crippen LogP contribution in [0, 0.1) is 30.5 Å². The molecule has 3 fully saturated rings. The molecule has 37 heavy (non-hydrogen) atoms. The second-order valence-electron chi connectivity index (χ2n) is 10.7. The molecule has 2 atom stereocenters. The van der Waals surface area contributed by atoms with Crippen molar-refractivity contribution in [1.29, 1.82) is 0 Å². The van der Waals surface area contributed by atoms with E-state index in [1.165, 1.54) is 13.0 Å². The number of aryl methyl sites for hydroxylation is 1. The number of nitrogens with zero attached hydrogens (tertiary/aromatic N) is 1. The zero-order valence-corrected chi connectivity index (χ0v) is 21.2. The van der Waals surface area contributed by atoms with Gasteiger partial charge in [-0.1, -0.05) is 0 Å². The molecule has 3 amide bonds. The fraction of sp³-hybridized carbons (Fsp3) is 0.654. The average molecular weight is 528 g/mol. The minimum atomic E-state index is -4.55. The first-order valence-electron chi connectivity index (χ1n) is 12.7. The van der Waals surface area contributed by atoms with Crippen LogP contribution in [0.15, 0.2) is 12.1 Å². The molecule has 0 saturated heterocycles. The molecule has 3 aliphatic rings. The van der Waals surface area contributed by atoms with Gasteiger partial charge in [0.25, 0.3) is 0 Å². The molecule has 1 aromatic rings. The van der Waals surface area contributed by atoms with Gasteiger partial charge in [-0.3, -0.25) is 9.59 Å². The second kappa shape index (κ2) is 10.5. The number of nitrogens with one attached hydrogen (secondary N) is 2. The number of hydrogen-bond donors (Lipinski definition) is 2. The van der Waals surface area contributed by atoms with Crippen molar-refractivity contribution in [3.8, 4) is 0 Å². The maximum Gasteiger partial charge on any atom is 0.408 e. The van der Waals surface area contributed by atoms with Crippen LogP contribution in [-0.2, 0) is 14.3 Å². The Morgan fingerprint density at radius 1 is 1.08 bits per heavy atom. The first-order valence-corrected chi connectivity index (χ1v) is 12.7. The van der Waals surface area contributed by atoms with Gasteiger partial charge in [0, 0.05) is 7.05 Å². The highest BCUT2D eigenvalue weighted by Crippen LogP contribution is 2.51. The van der Waals surface area contributed by atoms with E-state index in [9.17, 15) is 27.6 Å². The molecule has 4 rings (SSSR count). The van der Waals surface area contributed by atoms with Gasteiger partial charge in [-0.2, -0.15) is 13.2 Å². The SMILES string of the molecule is Cc1cc(NC(=O)[C@@H](NC(=O)OC2CC2)C(C2CC2)C2CC2)c(F)cc1C(C)C(=O)N(C)CC(F)(F)F. The highest BCUT2D eigenvalue weighted by atomic mass is 19.4. The predicted octanol–water partition coefficient (Wildman–Crippen LogP) is 4.89. The molecule has 204 valence electrons. The zero-order chi connectivity index (χ0) is 27.1. The number of alkyl halides is 3. The van der Waals surface area contributed by atoms with Crippen molar-refractivity contribution in [2.45, 2.75) is 76.6 Å². The summed E-state index contributed by atoms with van der Waals surface area (Å²) in [7, 11) is 1.05. The van der Waals surface area contributed by atoms with Crippen molar-refractivity contribution in [1.82, 2.24) is 10.2 Å². The average Bonchev–Trinajstić information content (AvgIpc) is 3.64. The van der Waals surface area contributed by atoms with Crippen LogP contribution < -0.4 is 10.6 Å². The van der Waals surface area contributed by atoms with Crippen LogP contribution in [0.4, 0.5) is 28.0 Å². The van der Waals surface area contributed by atoms with E-state index in [1.807, 2.05) is 0 Å². The molecule has 0 radical (unpaired) electrons. The third-order valence-electron chi connectivity index (χ3n) is 7.31. The summed E-state index contributed by atoms with van der Waals surface area (Å²) < 4.78 is 58.5. The molecule has 0 aromatic heterocycles. The molecule has 2 N–H and O–H groups in total. The van der Waals surface area contributed by atoms with Gasteiger partial charge in [0.1, 0.15) is 24.5 Å². The molecule has 7 nitrogen and oxygen atoms in total. The first kappa shape index (κ1) is 27.2. The van der Waals surface area contributed by atoms with Gasteiger partial charge in [0.15, 0.2) is 0 Å². The Bertz CT molecular complexity index is 1040. The monoisotopic (exact) mass is 527 g/mol. The van der Waals surface area contributed by atoms with Crippen molar-refractivity contribution in [2.24, 2.45) is 17.8 Å². The van der Waals surface area contributed by atoms with Crippen molar-refractivity contribution in [3.05, 3.63) is 29.1 Å². The third-order valence-corrected chi connectivity index (χ3v) is 7.31. The number of halogens is 4. The maximum absolute atomic E-state index is 15.1. The quantitative estimate of drug-likeness (QED) is 0.424. The Morgan fingerprint density at radius 2 is 1.68 bits per heavy atom. The molecule has 11 heteroatoms. The van der Waals surface area contributed by atoms with E-state index in [0.29, 0.717) is 22.3 Å². The van der Waals surface area contributed by atoms with Crippen LogP contribution in [0.1, 0.15) is 62.5 Å². The van der Waals surface area contributed by atoms with Gasteiger partial charge >= 0.3 is 12.3 Å². The van der Waals surface area contributed by atoms with Crippen LogP contribution in [0.5, 0.6) is 0 Å². The number of hydrogen-bond acceptors (Lipinski definition) is 4. The Hall–Kier alpha value is -2.85. The van der Waals surface area contributed by atoms with Gasteiger partial charge < -0.3 is 20.3 Å². The van der Waals surface area contributed by atoms with Crippen molar-refractivity contribution in [3.63, 3.8) is 0 Å². The number of benzene rings is 1. The number of rotatable bonds is 10. The second-order valence-corrected chi connectivity index (χ2v) is 10.7. The molecular formula is C26H33F4N3O4. The zero-order valence-electron chi connectivity index (χ0n) is 21.2. The lowest BCUT2D eigenvalue weighted by molar-refractivity contribution is -0.159. The predicted molar refractivity (Wildman–Crippen MR) is 127 cm³/mol. The lowest BCUT2D eigenvalue weighted by Crippen LogP contribution is -2.50. The van der Waals surface area contributed by atoms with E-state index in [-0.39, 0.29) is 23.3 Å². The summed E-state index contributed by atoms with van der Waals surface area (Å²) in [6.07, 6.45) is 0.149. The number of carbonyl (C=O) groups excluding carboxylic acids is 3. The van der Waals surface area contributed by atoms with Crippen molar-refractivity contribution < 1.29 is 36.7 Å². The van der Waals surface area contributed by atoms with Crippen LogP contribution in [0.2, 0.25) is 0 Å². The number of alkyl carbamates (subject to hydrolysis) is 1. The van der Waals surface area contributed by atoms with Crippen molar-refractivity contribution >= 4 is 23.6 Å². The van der Waals surface area contributed by atoms with Gasteiger partial charge in [0.05, 0.1) is 11.6 Å². The number of anilines is 1. The lowest BCUT2D eigenvalue weighted by atomic mass is 9.88. The Kier molecular flexibility index (Phi) is 7.71. The fourth-order valence-electron chi connectivity index (χ4n) is 5.01. The van der Waals surface area contributed by atoms with Gasteiger partial charge in [-0.05, 0) is 93.4 Å². The summed E-state index contributed by atoms with van der Waals surface area (Å²) in [5, 5.41) is 5.32. The normalized spacial score (nSPS) is 19.2. The van der Waals surface area contributed by atoms with Crippen molar-refractivity contribution in [2.75, 3.05) is 18.9 Å². The van der Waals surface area contributed by atoms with Gasteiger partial charge in [-0.15, -0.1) is 0 Å². The van der Waals surface area contributed by atoms with Gasteiger partial charge in [0.2, 0.25) is 11.8 Å². The molecule has 0 aliphatic heterocycles. The molecule has 3 aliphatic carbocycles. The fourth-order valence-corrected chi connectivity index (χ4v) is 5.01. The van der Waals surface area contributed by atoms with E-state index in [4.69, 9.17) is 4.74 Å². The summed E-state index contributed by atoms with van der Waals surface area (Å²) >= 11 is 0. The molecule has 0 heterocycles. The summed E-state index contributed by atoms with van der Waals surface area (Å²) in [5.41, 5.74) is 0.546. The Morgan fingerprint density at radius 3 is 2.19 bits per heavy atom. The van der Waals surface area contributed by atoms with E-state index >= 15 is 4.39 Å². The van der Waals surface area contributed by atoms with E-state index in [1.54, 1.807) is 6.92 Å². The van der Waals surface area contributed by atoms with E-state index in [2.05, 4.69) is 10.6 Å². The van der Waals surface area contributed by atoms with E-state index < -0.39 is 48.4 Å². The number of ether oxygens (including phenoxy) is 1. The highest BCUT2D eigenvalue weighted by molar-refractivity contribution is 5.97. The van der Waals surface area contributed by atoms with E-state index in [0.717, 1.165) is 51.6 Å². The Balaban J connectivity index is 1.49. The standard InChI is InChI=1S/C26H33F4N3O4/c1-13-10-20(19(27)11-18(13)14(2)24(35)33(3)12-26(28,29)30)31-23(34)22(32-25(36)37-17-8-9-17)21(15-4-5-15)16-6-7-16/h10-11,14-17,21-22H,4-9,12H2,1-3H3,(H,31,34)(H,32,36)/t14?,22-/m0/s1. The summed E-state index contributed by atoms with van der Waals surface area (Å²) in [4.78, 5) is 38.8. The van der Waals surface area contributed by atoms with Gasteiger partial charge in [-0.25, -0.2) is 9.18 Å². The molecule has 1 unspecified atom stereocenters. The van der Waals surface area contributed by atoms with Crippen LogP contribution in [-0.4, -0.2) is 54.7 Å². The van der Waals surface area contributed by atoms with Crippen LogP contribution >= 0.6 is 0 Å². The maximum atomic E-state index is 15.1. The van der Waals surface area contributed by atoms with Crippen LogP contribution in [0.3, 0.4) is 0 Å². The number of carbonyl (C=O) groups is 3. The Labute approximate surface area is 213 Å². The summed E-state index contributed by atoms with van der Waals surface area (Å²) in [5.74, 6) is -2.61. The topological polar surface area (TPSA) is 87.7 Å². The summed E-state index contributed by atoms with van der Waals surface area (Å²) in [6, 6.07) is 1.55. The number of amides is 3.